The average Bonchev–Trinajstić information content (AvgIpc) is 3.06. The van der Waals surface area contributed by atoms with Gasteiger partial charge in [0, 0.05) is 0 Å². The summed E-state index contributed by atoms with van der Waals surface area (Å²) in [6.07, 6.45) is 2.04. The van der Waals surface area contributed by atoms with E-state index in [0.29, 0.717) is 33.9 Å². The molecule has 1 fully saturated rings. The number of aromatic amines is 1. The molecule has 0 bridgehead atoms. The Kier molecular flexibility index (Phi) is 3.97. The summed E-state index contributed by atoms with van der Waals surface area (Å²) in [5.74, 6) is -0.0684. The molecule has 0 radical (unpaired) electrons. The first-order valence-electron chi connectivity index (χ1n) is 8.42. The fraction of sp³-hybridized carbons (Fsp3) is 0.263. The van der Waals surface area contributed by atoms with Crippen molar-refractivity contribution < 1.29 is 9.18 Å². The topological polar surface area (TPSA) is 83.8 Å². The number of nitrogens with zero attached hydrogens (tertiary/aromatic N) is 1. The van der Waals surface area contributed by atoms with Gasteiger partial charge in [-0.3, -0.25) is 4.79 Å². The Morgan fingerprint density at radius 2 is 2.00 bits per heavy atom. The number of hydrogen-bond donors (Lipinski definition) is 3. The normalized spacial score (nSPS) is 15.6. The molecule has 5 nitrogen and oxygen atoms in total. The number of aromatic nitrogens is 2. The van der Waals surface area contributed by atoms with Gasteiger partial charge < -0.3 is 16.0 Å². The number of H-pyrrole nitrogens is 1. The molecule has 128 valence electrons. The minimum absolute atomic E-state index is 0.310. The largest absolute Gasteiger partial charge is 0.366 e. The van der Waals surface area contributed by atoms with Crippen molar-refractivity contribution >= 4 is 16.9 Å². The van der Waals surface area contributed by atoms with Crippen molar-refractivity contribution in [1.29, 1.82) is 0 Å². The molecular weight excluding hydrogens is 319 g/mol. The van der Waals surface area contributed by atoms with Gasteiger partial charge in [0.2, 0.25) is 0 Å². The molecule has 1 aliphatic heterocycles. The summed E-state index contributed by atoms with van der Waals surface area (Å²) >= 11 is 0. The second kappa shape index (κ2) is 6.29. The van der Waals surface area contributed by atoms with E-state index in [9.17, 15) is 9.18 Å². The van der Waals surface area contributed by atoms with Crippen LogP contribution >= 0.6 is 0 Å². The standard InChI is InChI=1S/C19H19FN4O/c20-15-10-12(11-6-8-22-9-7-11)4-5-13(15)19-23-16-3-1-2-14(18(21)25)17(16)24-19/h1-5,10-11,22H,6-9H2,(H2,21,25)(H,23,24). The molecule has 3 aromatic rings. The number of nitrogens with one attached hydrogen (secondary N) is 2. The van der Waals surface area contributed by atoms with E-state index >= 15 is 0 Å². The monoisotopic (exact) mass is 338 g/mol. The maximum atomic E-state index is 14.7. The number of fused-ring (bicyclic) bond motifs is 1. The van der Waals surface area contributed by atoms with Crippen molar-refractivity contribution in [2.75, 3.05) is 13.1 Å². The van der Waals surface area contributed by atoms with Gasteiger partial charge in [0.25, 0.3) is 5.91 Å². The van der Waals surface area contributed by atoms with Crippen LogP contribution < -0.4 is 11.1 Å². The van der Waals surface area contributed by atoms with Gasteiger partial charge in [0.05, 0.1) is 16.6 Å². The van der Waals surface area contributed by atoms with Crippen LogP contribution in [0.15, 0.2) is 36.4 Å². The number of amides is 1. The number of nitrogens with two attached hydrogens (primary N) is 1. The zero-order chi connectivity index (χ0) is 17.4. The molecule has 0 atom stereocenters. The summed E-state index contributed by atoms with van der Waals surface area (Å²) in [6, 6.07) is 10.5. The lowest BCUT2D eigenvalue weighted by molar-refractivity contribution is 0.100. The summed E-state index contributed by atoms with van der Waals surface area (Å²) < 4.78 is 14.7. The Morgan fingerprint density at radius 3 is 2.72 bits per heavy atom. The summed E-state index contributed by atoms with van der Waals surface area (Å²) in [5.41, 5.74) is 8.26. The molecular formula is C19H19FN4O. The van der Waals surface area contributed by atoms with Crippen molar-refractivity contribution in [2.45, 2.75) is 18.8 Å². The van der Waals surface area contributed by atoms with E-state index in [1.165, 1.54) is 0 Å². The Morgan fingerprint density at radius 1 is 1.20 bits per heavy atom. The predicted molar refractivity (Wildman–Crippen MR) is 94.9 cm³/mol. The molecule has 1 saturated heterocycles. The highest BCUT2D eigenvalue weighted by atomic mass is 19.1. The first kappa shape index (κ1) is 15.8. The van der Waals surface area contributed by atoms with Crippen molar-refractivity contribution in [2.24, 2.45) is 5.73 Å². The fourth-order valence-corrected chi connectivity index (χ4v) is 3.49. The zero-order valence-electron chi connectivity index (χ0n) is 13.7. The number of carbonyl (C=O) groups excluding carboxylic acids is 1. The third kappa shape index (κ3) is 2.89. The van der Waals surface area contributed by atoms with Gasteiger partial charge >= 0.3 is 0 Å². The summed E-state index contributed by atoms with van der Waals surface area (Å²) in [6.45, 7) is 1.93. The summed E-state index contributed by atoms with van der Waals surface area (Å²) in [4.78, 5) is 19.0. The van der Waals surface area contributed by atoms with E-state index in [2.05, 4.69) is 15.3 Å². The first-order valence-corrected chi connectivity index (χ1v) is 8.42. The van der Waals surface area contributed by atoms with Gasteiger partial charge in [-0.1, -0.05) is 12.1 Å². The molecule has 1 aliphatic rings. The van der Waals surface area contributed by atoms with Crippen LogP contribution in [0.2, 0.25) is 0 Å². The van der Waals surface area contributed by atoms with Crippen molar-refractivity contribution in [3.8, 4) is 11.4 Å². The maximum absolute atomic E-state index is 14.7. The van der Waals surface area contributed by atoms with Crippen LogP contribution in [-0.2, 0) is 0 Å². The lowest BCUT2D eigenvalue weighted by Crippen LogP contribution is -2.26. The molecule has 0 aliphatic carbocycles. The Labute approximate surface area is 144 Å². The maximum Gasteiger partial charge on any atom is 0.250 e. The van der Waals surface area contributed by atoms with Gasteiger partial charge in [-0.25, -0.2) is 9.37 Å². The van der Waals surface area contributed by atoms with Gasteiger partial charge in [0.15, 0.2) is 0 Å². The van der Waals surface area contributed by atoms with E-state index in [-0.39, 0.29) is 5.82 Å². The van der Waals surface area contributed by atoms with Gasteiger partial charge in [-0.15, -0.1) is 0 Å². The highest BCUT2D eigenvalue weighted by Crippen LogP contribution is 2.30. The summed E-state index contributed by atoms with van der Waals surface area (Å²) in [5, 5.41) is 3.32. The minimum atomic E-state index is -0.551. The minimum Gasteiger partial charge on any atom is -0.366 e. The molecule has 6 heteroatoms. The van der Waals surface area contributed by atoms with Gasteiger partial charge in [-0.2, -0.15) is 0 Å². The highest BCUT2D eigenvalue weighted by molar-refractivity contribution is 6.04. The molecule has 2 aromatic carbocycles. The van der Waals surface area contributed by atoms with Crippen LogP contribution in [0.25, 0.3) is 22.4 Å². The van der Waals surface area contributed by atoms with E-state index in [1.54, 1.807) is 30.3 Å². The van der Waals surface area contributed by atoms with Crippen LogP contribution in [0.4, 0.5) is 4.39 Å². The molecule has 4 rings (SSSR count). The molecule has 0 spiro atoms. The zero-order valence-corrected chi connectivity index (χ0v) is 13.7. The molecule has 0 saturated carbocycles. The van der Waals surface area contributed by atoms with E-state index < -0.39 is 5.91 Å². The Bertz CT molecular complexity index is 944. The van der Waals surface area contributed by atoms with Crippen molar-refractivity contribution in [3.63, 3.8) is 0 Å². The second-order valence-corrected chi connectivity index (χ2v) is 6.41. The smallest absolute Gasteiger partial charge is 0.250 e. The predicted octanol–water partition coefficient (Wildman–Crippen LogP) is 2.93. The molecule has 0 unspecified atom stereocenters. The number of hydrogen-bond acceptors (Lipinski definition) is 3. The summed E-state index contributed by atoms with van der Waals surface area (Å²) in [7, 11) is 0. The first-order chi connectivity index (χ1) is 12.1. The number of imidazole rings is 1. The lowest BCUT2D eigenvalue weighted by Gasteiger charge is -2.23. The van der Waals surface area contributed by atoms with E-state index in [1.807, 2.05) is 6.07 Å². The van der Waals surface area contributed by atoms with Crippen LogP contribution in [0.5, 0.6) is 0 Å². The third-order valence-electron chi connectivity index (χ3n) is 4.84. The Balaban J connectivity index is 1.73. The number of para-hydroxylation sites is 1. The molecule has 4 N–H and O–H groups in total. The Hall–Kier alpha value is -2.73. The van der Waals surface area contributed by atoms with Crippen LogP contribution in [0.1, 0.15) is 34.7 Å². The second-order valence-electron chi connectivity index (χ2n) is 6.41. The van der Waals surface area contributed by atoms with Crippen LogP contribution in [0, 0.1) is 5.82 Å². The molecule has 1 aromatic heterocycles. The number of halogens is 1. The van der Waals surface area contributed by atoms with E-state index in [4.69, 9.17) is 5.73 Å². The van der Waals surface area contributed by atoms with Gasteiger partial charge in [-0.05, 0) is 61.7 Å². The van der Waals surface area contributed by atoms with Crippen molar-refractivity contribution in [1.82, 2.24) is 15.3 Å². The molecule has 2 heterocycles. The fourth-order valence-electron chi connectivity index (χ4n) is 3.49. The van der Waals surface area contributed by atoms with Crippen LogP contribution in [-0.4, -0.2) is 29.0 Å². The van der Waals surface area contributed by atoms with Gasteiger partial charge in [0.1, 0.15) is 17.2 Å². The van der Waals surface area contributed by atoms with Crippen LogP contribution in [0.3, 0.4) is 0 Å². The number of carbonyl (C=O) groups is 1. The highest BCUT2D eigenvalue weighted by Gasteiger charge is 2.19. The number of primary amides is 1. The van der Waals surface area contributed by atoms with E-state index in [0.717, 1.165) is 31.5 Å². The average molecular weight is 338 g/mol. The molecule has 1 amide bonds. The van der Waals surface area contributed by atoms with Crippen molar-refractivity contribution in [3.05, 3.63) is 53.3 Å². The number of piperidine rings is 1. The SMILES string of the molecule is NC(=O)c1cccc2[nH]c(-c3ccc(C4CCNCC4)cc3F)nc12. The number of benzene rings is 2. The third-order valence-corrected chi connectivity index (χ3v) is 4.84. The lowest BCUT2D eigenvalue weighted by atomic mass is 9.89. The molecule has 25 heavy (non-hydrogen) atoms. The quantitative estimate of drug-likeness (QED) is 0.686. The number of rotatable bonds is 3.